The number of carbonyl (C=O) groups is 1. The molecule has 0 amide bonds. The topological polar surface area (TPSA) is 118 Å². The number of aliphatic carboxylic acids is 1. The molecule has 0 heterocycles. The van der Waals surface area contributed by atoms with Crippen LogP contribution in [0.3, 0.4) is 0 Å². The fraction of sp³-hybridized carbons (Fsp3) is 0.800. The number of hydrogen-bond donors (Lipinski definition) is 5. The van der Waals surface area contributed by atoms with Gasteiger partial charge in [0.1, 0.15) is 5.60 Å². The summed E-state index contributed by atoms with van der Waals surface area (Å²) in [4.78, 5) is 10.0. The second-order valence-corrected chi connectivity index (χ2v) is 2.16. The predicted octanol–water partition coefficient (Wildman–Crippen LogP) is -2.85. The van der Waals surface area contributed by atoms with E-state index in [-0.39, 0.29) is 0 Å². The van der Waals surface area contributed by atoms with Crippen molar-refractivity contribution >= 4 is 5.97 Å². The first-order valence-electron chi connectivity index (χ1n) is 2.83. The van der Waals surface area contributed by atoms with Crippen molar-refractivity contribution in [2.24, 2.45) is 0 Å². The smallest absolute Gasteiger partial charge is 0.335 e. The lowest BCUT2D eigenvalue weighted by atomic mass is 9.99. The summed E-state index contributed by atoms with van der Waals surface area (Å²) in [7, 11) is 0. The van der Waals surface area contributed by atoms with Crippen molar-refractivity contribution in [2.75, 3.05) is 13.2 Å². The van der Waals surface area contributed by atoms with Gasteiger partial charge in [-0.3, -0.25) is 0 Å². The number of aliphatic hydroxyl groups is 4. The van der Waals surface area contributed by atoms with E-state index in [1.165, 1.54) is 0 Å². The minimum atomic E-state index is -2.37. The van der Waals surface area contributed by atoms with Crippen molar-refractivity contribution in [3.8, 4) is 0 Å². The first-order valence-corrected chi connectivity index (χ1v) is 2.83. The Morgan fingerprint density at radius 3 is 1.82 bits per heavy atom. The summed E-state index contributed by atoms with van der Waals surface area (Å²) >= 11 is 0. The first-order chi connectivity index (χ1) is 4.98. The van der Waals surface area contributed by atoms with Gasteiger partial charge in [0.15, 0.2) is 6.10 Å². The molecule has 0 spiro atoms. The lowest BCUT2D eigenvalue weighted by Crippen LogP contribution is -2.52. The SMILES string of the molecule is O=C(O)[C@@H](O)C(O)(CO)CO. The van der Waals surface area contributed by atoms with E-state index in [2.05, 4.69) is 0 Å². The number of aliphatic hydroxyl groups excluding tert-OH is 3. The van der Waals surface area contributed by atoms with Crippen molar-refractivity contribution in [2.45, 2.75) is 11.7 Å². The van der Waals surface area contributed by atoms with E-state index in [9.17, 15) is 4.79 Å². The van der Waals surface area contributed by atoms with Crippen molar-refractivity contribution < 1.29 is 30.3 Å². The maximum absolute atomic E-state index is 10.0. The zero-order valence-corrected chi connectivity index (χ0v) is 5.64. The molecule has 0 aromatic heterocycles. The van der Waals surface area contributed by atoms with E-state index in [1.807, 2.05) is 0 Å². The van der Waals surface area contributed by atoms with E-state index in [4.69, 9.17) is 25.5 Å². The third-order valence-electron chi connectivity index (χ3n) is 1.29. The zero-order chi connectivity index (χ0) is 9.07. The van der Waals surface area contributed by atoms with Gasteiger partial charge in [0, 0.05) is 0 Å². The third-order valence-corrected chi connectivity index (χ3v) is 1.29. The van der Waals surface area contributed by atoms with E-state index >= 15 is 0 Å². The quantitative estimate of drug-likeness (QED) is 0.307. The standard InChI is InChI=1S/C5H10O6/c6-1-5(11,2-7)3(8)4(9)10/h3,6-8,11H,1-2H2,(H,9,10)/t3-/m1/s1. The maximum atomic E-state index is 10.0. The average molecular weight is 166 g/mol. The summed E-state index contributed by atoms with van der Waals surface area (Å²) in [5.41, 5.74) is -2.37. The highest BCUT2D eigenvalue weighted by molar-refractivity contribution is 5.73. The van der Waals surface area contributed by atoms with E-state index < -0.39 is 30.9 Å². The Kier molecular flexibility index (Phi) is 3.40. The third kappa shape index (κ3) is 2.12. The van der Waals surface area contributed by atoms with E-state index in [0.29, 0.717) is 0 Å². The number of carboxylic acids is 1. The summed E-state index contributed by atoms with van der Waals surface area (Å²) in [5, 5.41) is 42.5. The van der Waals surface area contributed by atoms with Crippen LogP contribution in [0.2, 0.25) is 0 Å². The van der Waals surface area contributed by atoms with Gasteiger partial charge >= 0.3 is 5.97 Å². The van der Waals surface area contributed by atoms with Crippen LogP contribution >= 0.6 is 0 Å². The van der Waals surface area contributed by atoms with Gasteiger partial charge in [0.05, 0.1) is 13.2 Å². The molecule has 11 heavy (non-hydrogen) atoms. The summed E-state index contributed by atoms with van der Waals surface area (Å²) in [6.45, 7) is -2.03. The Morgan fingerprint density at radius 2 is 1.73 bits per heavy atom. The van der Waals surface area contributed by atoms with Crippen molar-refractivity contribution in [1.82, 2.24) is 0 Å². The van der Waals surface area contributed by atoms with Gasteiger partial charge in [-0.05, 0) is 0 Å². The van der Waals surface area contributed by atoms with Crippen molar-refractivity contribution in [1.29, 1.82) is 0 Å². The van der Waals surface area contributed by atoms with Crippen LogP contribution in [0.5, 0.6) is 0 Å². The molecular formula is C5H10O6. The lowest BCUT2D eigenvalue weighted by molar-refractivity contribution is -0.175. The number of hydrogen-bond acceptors (Lipinski definition) is 5. The summed E-state index contributed by atoms with van der Waals surface area (Å²) in [6.07, 6.45) is -2.18. The highest BCUT2D eigenvalue weighted by Crippen LogP contribution is 2.08. The maximum Gasteiger partial charge on any atom is 0.335 e. The van der Waals surface area contributed by atoms with Crippen molar-refractivity contribution in [3.63, 3.8) is 0 Å². The number of carboxylic acid groups (broad SMARTS) is 1. The van der Waals surface area contributed by atoms with Crippen LogP contribution in [-0.2, 0) is 4.79 Å². The molecule has 0 unspecified atom stereocenters. The lowest BCUT2D eigenvalue weighted by Gasteiger charge is -2.25. The predicted molar refractivity (Wildman–Crippen MR) is 32.8 cm³/mol. The molecule has 1 atom stereocenters. The van der Waals surface area contributed by atoms with Gasteiger partial charge in [-0.2, -0.15) is 0 Å². The van der Waals surface area contributed by atoms with E-state index in [1.54, 1.807) is 0 Å². The molecule has 0 aliphatic heterocycles. The first kappa shape index (κ1) is 10.3. The second-order valence-electron chi connectivity index (χ2n) is 2.16. The Balaban J connectivity index is 4.36. The molecule has 0 fully saturated rings. The molecule has 0 aliphatic rings. The highest BCUT2D eigenvalue weighted by atomic mass is 16.4. The summed E-state index contributed by atoms with van der Waals surface area (Å²) in [5.74, 6) is -1.70. The van der Waals surface area contributed by atoms with Crippen LogP contribution in [-0.4, -0.2) is 56.4 Å². The molecule has 0 saturated heterocycles. The average Bonchev–Trinajstić information content (AvgIpc) is 2.01. The fourth-order valence-corrected chi connectivity index (χ4v) is 0.453. The minimum Gasteiger partial charge on any atom is -0.479 e. The van der Waals surface area contributed by atoms with Crippen LogP contribution < -0.4 is 0 Å². The van der Waals surface area contributed by atoms with Gasteiger partial charge in [-0.1, -0.05) is 0 Å². The highest BCUT2D eigenvalue weighted by Gasteiger charge is 2.39. The molecule has 66 valence electrons. The van der Waals surface area contributed by atoms with Gasteiger partial charge in [-0.25, -0.2) is 4.79 Å². The molecule has 0 aromatic rings. The molecule has 0 bridgehead atoms. The van der Waals surface area contributed by atoms with Crippen molar-refractivity contribution in [3.05, 3.63) is 0 Å². The molecule has 6 nitrogen and oxygen atoms in total. The normalized spacial score (nSPS) is 14.5. The minimum absolute atomic E-state index is 1.02. The fourth-order valence-electron chi connectivity index (χ4n) is 0.453. The number of rotatable bonds is 4. The van der Waals surface area contributed by atoms with Gasteiger partial charge in [-0.15, -0.1) is 0 Å². The Morgan fingerprint density at radius 1 is 1.36 bits per heavy atom. The Labute approximate surface area is 62.3 Å². The van der Waals surface area contributed by atoms with Crippen LogP contribution in [0, 0.1) is 0 Å². The van der Waals surface area contributed by atoms with Gasteiger partial charge < -0.3 is 25.5 Å². The molecule has 0 saturated carbocycles. The second kappa shape index (κ2) is 3.63. The molecule has 0 radical (unpaired) electrons. The molecular weight excluding hydrogens is 156 g/mol. The molecule has 0 rings (SSSR count). The molecule has 5 N–H and O–H groups in total. The molecule has 0 aliphatic carbocycles. The Hall–Kier alpha value is -0.690. The molecule has 0 aromatic carbocycles. The van der Waals surface area contributed by atoms with Crippen LogP contribution in [0.1, 0.15) is 0 Å². The van der Waals surface area contributed by atoms with Crippen LogP contribution in [0.25, 0.3) is 0 Å². The van der Waals surface area contributed by atoms with Gasteiger partial charge in [0.25, 0.3) is 0 Å². The zero-order valence-electron chi connectivity index (χ0n) is 5.64. The van der Waals surface area contributed by atoms with Crippen LogP contribution in [0.4, 0.5) is 0 Å². The monoisotopic (exact) mass is 166 g/mol. The molecule has 6 heteroatoms. The summed E-state index contributed by atoms with van der Waals surface area (Å²) in [6, 6.07) is 0. The van der Waals surface area contributed by atoms with E-state index in [0.717, 1.165) is 0 Å². The largest absolute Gasteiger partial charge is 0.479 e. The van der Waals surface area contributed by atoms with Crippen LogP contribution in [0.15, 0.2) is 0 Å². The Bertz CT molecular complexity index is 140. The van der Waals surface area contributed by atoms with Gasteiger partial charge in [0.2, 0.25) is 0 Å². The summed E-state index contributed by atoms with van der Waals surface area (Å²) < 4.78 is 0.